The van der Waals surface area contributed by atoms with E-state index in [2.05, 4.69) is 17.4 Å². The van der Waals surface area contributed by atoms with Crippen molar-refractivity contribution in [3.63, 3.8) is 0 Å². The third-order valence-corrected chi connectivity index (χ3v) is 6.20. The summed E-state index contributed by atoms with van der Waals surface area (Å²) < 4.78 is 5.58. The Bertz CT molecular complexity index is 1190. The molecule has 0 heterocycles. The van der Waals surface area contributed by atoms with Crippen molar-refractivity contribution in [2.45, 2.75) is 25.3 Å². The van der Waals surface area contributed by atoms with E-state index in [1.165, 1.54) is 11.9 Å². The zero-order valence-electron chi connectivity index (χ0n) is 19.0. The van der Waals surface area contributed by atoms with Crippen LogP contribution in [0.2, 0.25) is 0 Å². The molecule has 1 atom stereocenters. The van der Waals surface area contributed by atoms with Crippen LogP contribution in [-0.4, -0.2) is 47.7 Å². The molecule has 7 heteroatoms. The van der Waals surface area contributed by atoms with E-state index in [0.29, 0.717) is 0 Å². The van der Waals surface area contributed by atoms with Crippen LogP contribution in [0.25, 0.3) is 11.1 Å². The second kappa shape index (κ2) is 9.79. The van der Waals surface area contributed by atoms with E-state index in [0.717, 1.165) is 22.3 Å². The van der Waals surface area contributed by atoms with Crippen LogP contribution in [0, 0.1) is 0 Å². The molecule has 7 nitrogen and oxygen atoms in total. The lowest BCUT2D eigenvalue weighted by Gasteiger charge is -2.24. The summed E-state index contributed by atoms with van der Waals surface area (Å²) in [6.45, 7) is 1.84. The highest BCUT2D eigenvalue weighted by Crippen LogP contribution is 2.44. The molecule has 1 unspecified atom stereocenters. The molecule has 2 N–H and O–H groups in total. The van der Waals surface area contributed by atoms with Gasteiger partial charge >= 0.3 is 12.1 Å². The number of ether oxygens (including phenoxy) is 1. The lowest BCUT2D eigenvalue weighted by Crippen LogP contribution is -2.42. The average Bonchev–Trinajstić information content (AvgIpc) is 3.16. The van der Waals surface area contributed by atoms with E-state index in [1.807, 2.05) is 36.4 Å². The molecule has 0 fully saturated rings. The Labute approximate surface area is 198 Å². The topological polar surface area (TPSA) is 95.9 Å². The van der Waals surface area contributed by atoms with Gasteiger partial charge in [-0.05, 0) is 40.8 Å². The number of carboxylic acids is 1. The summed E-state index contributed by atoms with van der Waals surface area (Å²) in [5.41, 5.74) is 4.93. The van der Waals surface area contributed by atoms with Crippen LogP contribution < -0.4 is 5.32 Å². The number of carboxylic acid groups (broad SMARTS) is 1. The van der Waals surface area contributed by atoms with E-state index < -0.39 is 24.0 Å². The molecule has 0 bridgehead atoms. The second-order valence-corrected chi connectivity index (χ2v) is 8.17. The smallest absolute Gasteiger partial charge is 0.411 e. The third kappa shape index (κ3) is 4.37. The maximum atomic E-state index is 13.0. The first-order valence-electron chi connectivity index (χ1n) is 11.1. The summed E-state index contributed by atoms with van der Waals surface area (Å²) in [5.74, 6) is -1.66. The van der Waals surface area contributed by atoms with E-state index in [4.69, 9.17) is 4.74 Å². The fourth-order valence-electron chi connectivity index (χ4n) is 4.47. The van der Waals surface area contributed by atoms with Crippen LogP contribution in [0.5, 0.6) is 0 Å². The van der Waals surface area contributed by atoms with Crippen molar-refractivity contribution in [2.24, 2.45) is 0 Å². The molecule has 3 aromatic carbocycles. The minimum Gasteiger partial charge on any atom is -0.480 e. The van der Waals surface area contributed by atoms with E-state index in [-0.39, 0.29) is 30.2 Å². The summed E-state index contributed by atoms with van der Waals surface area (Å²) in [6, 6.07) is 21.6. The van der Waals surface area contributed by atoms with Crippen molar-refractivity contribution >= 4 is 23.7 Å². The van der Waals surface area contributed by atoms with Gasteiger partial charge in [-0.3, -0.25) is 10.1 Å². The summed E-state index contributed by atoms with van der Waals surface area (Å²) >= 11 is 0. The summed E-state index contributed by atoms with van der Waals surface area (Å²) in [6.07, 6.45) is -0.422. The lowest BCUT2D eigenvalue weighted by molar-refractivity contribution is -0.142. The number of hydrogen-bond donors (Lipinski definition) is 2. The van der Waals surface area contributed by atoms with Crippen LogP contribution in [0.15, 0.2) is 72.8 Å². The standard InChI is InChI=1S/C27H26N2O5/c1-3-24(26(31)32)29(2)25(30)21-14-8-9-15-23(21)28-27(33)34-16-22-19-12-6-4-10-17(19)18-11-5-7-13-20(18)22/h4-15,22,24H,3,16H2,1-2H3,(H,28,33)(H,31,32). The van der Waals surface area contributed by atoms with Crippen LogP contribution in [-0.2, 0) is 9.53 Å². The van der Waals surface area contributed by atoms with E-state index in [1.54, 1.807) is 31.2 Å². The van der Waals surface area contributed by atoms with Crippen molar-refractivity contribution < 1.29 is 24.2 Å². The van der Waals surface area contributed by atoms with Gasteiger partial charge in [-0.1, -0.05) is 67.6 Å². The number of likely N-dealkylation sites (N-methyl/N-ethyl adjacent to an activating group) is 1. The molecule has 0 aliphatic heterocycles. The molecule has 1 aliphatic carbocycles. The first-order valence-corrected chi connectivity index (χ1v) is 11.1. The lowest BCUT2D eigenvalue weighted by atomic mass is 9.98. The number of para-hydroxylation sites is 1. The van der Waals surface area contributed by atoms with Gasteiger partial charge in [-0.15, -0.1) is 0 Å². The number of benzene rings is 3. The van der Waals surface area contributed by atoms with Crippen molar-refractivity contribution in [2.75, 3.05) is 19.0 Å². The molecular weight excluding hydrogens is 432 g/mol. The number of hydrogen-bond acceptors (Lipinski definition) is 4. The number of fused-ring (bicyclic) bond motifs is 3. The molecule has 0 spiro atoms. The van der Waals surface area contributed by atoms with Crippen LogP contribution in [0.4, 0.5) is 10.5 Å². The predicted octanol–water partition coefficient (Wildman–Crippen LogP) is 4.98. The first kappa shape index (κ1) is 23.0. The Morgan fingerprint density at radius 1 is 0.941 bits per heavy atom. The second-order valence-electron chi connectivity index (χ2n) is 8.17. The molecule has 4 rings (SSSR count). The number of aliphatic carboxylic acids is 1. The molecule has 3 aromatic rings. The third-order valence-electron chi connectivity index (χ3n) is 6.20. The average molecular weight is 459 g/mol. The number of amides is 2. The largest absolute Gasteiger partial charge is 0.480 e. The zero-order valence-corrected chi connectivity index (χ0v) is 19.0. The monoisotopic (exact) mass is 458 g/mol. The van der Waals surface area contributed by atoms with Gasteiger partial charge in [0.05, 0.1) is 11.3 Å². The maximum Gasteiger partial charge on any atom is 0.411 e. The van der Waals surface area contributed by atoms with Crippen molar-refractivity contribution in [1.29, 1.82) is 0 Å². The van der Waals surface area contributed by atoms with Gasteiger partial charge in [-0.25, -0.2) is 9.59 Å². The van der Waals surface area contributed by atoms with E-state index >= 15 is 0 Å². The van der Waals surface area contributed by atoms with Crippen molar-refractivity contribution in [1.82, 2.24) is 4.90 Å². The molecule has 0 aromatic heterocycles. The number of carbonyl (C=O) groups is 3. The number of anilines is 1. The Morgan fingerprint density at radius 2 is 1.50 bits per heavy atom. The Morgan fingerprint density at radius 3 is 2.09 bits per heavy atom. The van der Waals surface area contributed by atoms with Crippen LogP contribution in [0.3, 0.4) is 0 Å². The van der Waals surface area contributed by atoms with Crippen LogP contribution >= 0.6 is 0 Å². The molecule has 174 valence electrons. The number of carbonyl (C=O) groups excluding carboxylic acids is 2. The number of nitrogens with one attached hydrogen (secondary N) is 1. The normalized spacial score (nSPS) is 12.9. The van der Waals surface area contributed by atoms with E-state index in [9.17, 15) is 19.5 Å². The highest BCUT2D eigenvalue weighted by atomic mass is 16.5. The number of rotatable bonds is 7. The highest BCUT2D eigenvalue weighted by Gasteiger charge is 2.30. The minimum absolute atomic E-state index is 0.0814. The Hall–Kier alpha value is -4.13. The zero-order chi connectivity index (χ0) is 24.2. The molecule has 0 radical (unpaired) electrons. The molecular formula is C27H26N2O5. The Kier molecular flexibility index (Phi) is 6.63. The maximum absolute atomic E-state index is 13.0. The van der Waals surface area contributed by atoms with Gasteiger partial charge in [0.15, 0.2) is 0 Å². The molecule has 0 saturated heterocycles. The van der Waals surface area contributed by atoms with Crippen molar-refractivity contribution in [3.8, 4) is 11.1 Å². The van der Waals surface area contributed by atoms with Gasteiger partial charge in [0.2, 0.25) is 0 Å². The Balaban J connectivity index is 1.48. The van der Waals surface area contributed by atoms with Gasteiger partial charge in [-0.2, -0.15) is 0 Å². The van der Waals surface area contributed by atoms with Crippen LogP contribution in [0.1, 0.15) is 40.7 Å². The number of nitrogens with zero attached hydrogens (tertiary/aromatic N) is 1. The van der Waals surface area contributed by atoms with Crippen molar-refractivity contribution in [3.05, 3.63) is 89.5 Å². The fraction of sp³-hybridized carbons (Fsp3) is 0.222. The minimum atomic E-state index is -1.08. The van der Waals surface area contributed by atoms with Gasteiger partial charge in [0.25, 0.3) is 5.91 Å². The SMILES string of the molecule is CCC(C(=O)O)N(C)C(=O)c1ccccc1NC(=O)OCC1c2ccccc2-c2ccccc21. The molecule has 34 heavy (non-hydrogen) atoms. The predicted molar refractivity (Wildman–Crippen MR) is 129 cm³/mol. The van der Waals surface area contributed by atoms with Gasteiger partial charge in [0, 0.05) is 13.0 Å². The highest BCUT2D eigenvalue weighted by molar-refractivity contribution is 6.03. The molecule has 0 saturated carbocycles. The fourth-order valence-corrected chi connectivity index (χ4v) is 4.47. The molecule has 1 aliphatic rings. The summed E-state index contributed by atoms with van der Waals surface area (Å²) in [7, 11) is 1.44. The molecule has 2 amide bonds. The van der Waals surface area contributed by atoms with Gasteiger partial charge < -0.3 is 14.7 Å². The quantitative estimate of drug-likeness (QED) is 0.520. The van der Waals surface area contributed by atoms with Gasteiger partial charge in [0.1, 0.15) is 12.6 Å². The summed E-state index contributed by atoms with van der Waals surface area (Å²) in [4.78, 5) is 38.3. The summed E-state index contributed by atoms with van der Waals surface area (Å²) in [5, 5.41) is 12.0. The first-order chi connectivity index (χ1) is 16.4.